The highest BCUT2D eigenvalue weighted by atomic mass is 19.1. The molecule has 2 heterocycles. The molecule has 1 amide bonds. The maximum atomic E-state index is 13.8. The standard InChI is InChI=1S/C16H22FN3O/c1-2-3-4-5-6-7-10-20-14(15(18)21)11-12-13(17)8-9-19-16(12)20/h8-9,11H,2-7,10H2,1H3,(H2,18,21). The minimum absolute atomic E-state index is 0.330. The van der Waals surface area contributed by atoms with Crippen LogP contribution >= 0.6 is 0 Å². The Morgan fingerprint density at radius 2 is 2.00 bits per heavy atom. The van der Waals surface area contributed by atoms with E-state index in [1.165, 1.54) is 44.0 Å². The van der Waals surface area contributed by atoms with Crippen LogP contribution in [-0.2, 0) is 6.54 Å². The average molecular weight is 291 g/mol. The number of primary amides is 1. The number of hydrogen-bond donors (Lipinski definition) is 1. The van der Waals surface area contributed by atoms with Gasteiger partial charge in [0, 0.05) is 12.7 Å². The van der Waals surface area contributed by atoms with Crippen molar-refractivity contribution in [3.05, 3.63) is 29.8 Å². The molecule has 114 valence electrons. The highest BCUT2D eigenvalue weighted by molar-refractivity contribution is 5.97. The molecule has 0 aliphatic carbocycles. The van der Waals surface area contributed by atoms with Crippen molar-refractivity contribution in [3.8, 4) is 0 Å². The monoisotopic (exact) mass is 291 g/mol. The van der Waals surface area contributed by atoms with E-state index in [-0.39, 0.29) is 5.82 Å². The number of carbonyl (C=O) groups is 1. The van der Waals surface area contributed by atoms with Crippen molar-refractivity contribution < 1.29 is 9.18 Å². The van der Waals surface area contributed by atoms with Crippen LogP contribution in [0.4, 0.5) is 4.39 Å². The summed E-state index contributed by atoms with van der Waals surface area (Å²) in [5, 5.41) is 0.359. The zero-order chi connectivity index (χ0) is 15.2. The second-order valence-electron chi connectivity index (χ2n) is 5.34. The van der Waals surface area contributed by atoms with Crippen LogP contribution in [-0.4, -0.2) is 15.5 Å². The van der Waals surface area contributed by atoms with Crippen molar-refractivity contribution in [2.45, 2.75) is 52.0 Å². The summed E-state index contributed by atoms with van der Waals surface area (Å²) in [5.41, 5.74) is 6.22. The summed E-state index contributed by atoms with van der Waals surface area (Å²) >= 11 is 0. The van der Waals surface area contributed by atoms with Crippen molar-refractivity contribution in [2.75, 3.05) is 0 Å². The van der Waals surface area contributed by atoms with Gasteiger partial charge < -0.3 is 10.3 Å². The summed E-state index contributed by atoms with van der Waals surface area (Å²) in [6.45, 7) is 2.83. The molecule has 0 aliphatic heterocycles. The zero-order valence-corrected chi connectivity index (χ0v) is 12.4. The van der Waals surface area contributed by atoms with E-state index in [0.717, 1.165) is 12.8 Å². The fourth-order valence-corrected chi connectivity index (χ4v) is 2.60. The summed E-state index contributed by atoms with van der Waals surface area (Å²) in [6, 6.07) is 2.79. The van der Waals surface area contributed by atoms with Crippen LogP contribution in [0.2, 0.25) is 0 Å². The van der Waals surface area contributed by atoms with E-state index >= 15 is 0 Å². The predicted molar refractivity (Wildman–Crippen MR) is 81.6 cm³/mol. The third-order valence-corrected chi connectivity index (χ3v) is 3.73. The molecular formula is C16H22FN3O. The highest BCUT2D eigenvalue weighted by Crippen LogP contribution is 2.21. The van der Waals surface area contributed by atoms with Gasteiger partial charge >= 0.3 is 0 Å². The molecule has 0 aromatic carbocycles. The molecule has 5 heteroatoms. The van der Waals surface area contributed by atoms with Crippen LogP contribution in [0.5, 0.6) is 0 Å². The summed E-state index contributed by atoms with van der Waals surface area (Å²) in [4.78, 5) is 15.7. The summed E-state index contributed by atoms with van der Waals surface area (Å²) in [6.07, 6.45) is 8.33. The largest absolute Gasteiger partial charge is 0.364 e. The van der Waals surface area contributed by atoms with E-state index in [2.05, 4.69) is 11.9 Å². The van der Waals surface area contributed by atoms with Gasteiger partial charge in [-0.2, -0.15) is 0 Å². The number of rotatable bonds is 8. The molecule has 0 saturated carbocycles. The molecule has 0 aliphatic rings. The Morgan fingerprint density at radius 3 is 2.71 bits per heavy atom. The van der Waals surface area contributed by atoms with Crippen LogP contribution in [0.1, 0.15) is 55.9 Å². The Kier molecular flexibility index (Phi) is 5.31. The Hall–Kier alpha value is -1.91. The van der Waals surface area contributed by atoms with E-state index < -0.39 is 5.91 Å². The first-order valence-corrected chi connectivity index (χ1v) is 7.58. The molecule has 0 unspecified atom stereocenters. The molecule has 0 spiro atoms. The van der Waals surface area contributed by atoms with Gasteiger partial charge in [-0.05, 0) is 18.6 Å². The molecule has 2 N–H and O–H groups in total. The normalized spacial score (nSPS) is 11.1. The lowest BCUT2D eigenvalue weighted by Crippen LogP contribution is -2.17. The summed E-state index contributed by atoms with van der Waals surface area (Å²) in [5.74, 6) is -0.914. The third kappa shape index (κ3) is 3.60. The second-order valence-corrected chi connectivity index (χ2v) is 5.34. The number of pyridine rings is 1. The van der Waals surface area contributed by atoms with Crippen LogP contribution < -0.4 is 5.73 Å². The summed E-state index contributed by atoms with van der Waals surface area (Å²) in [7, 11) is 0. The number of hydrogen-bond acceptors (Lipinski definition) is 2. The number of aryl methyl sites for hydroxylation is 1. The van der Waals surface area contributed by atoms with Crippen molar-refractivity contribution in [3.63, 3.8) is 0 Å². The third-order valence-electron chi connectivity index (χ3n) is 3.73. The van der Waals surface area contributed by atoms with Crippen LogP contribution in [0, 0.1) is 5.82 Å². The molecule has 0 fully saturated rings. The van der Waals surface area contributed by atoms with Gasteiger partial charge in [0.15, 0.2) is 0 Å². The lowest BCUT2D eigenvalue weighted by atomic mass is 10.1. The molecule has 2 aromatic heterocycles. The van der Waals surface area contributed by atoms with E-state index in [0.29, 0.717) is 23.3 Å². The number of carbonyl (C=O) groups excluding carboxylic acids is 1. The Morgan fingerprint density at radius 1 is 1.29 bits per heavy atom. The summed E-state index contributed by atoms with van der Waals surface area (Å²) < 4.78 is 15.5. The maximum Gasteiger partial charge on any atom is 0.265 e. The number of amides is 1. The minimum Gasteiger partial charge on any atom is -0.364 e. The lowest BCUT2D eigenvalue weighted by molar-refractivity contribution is 0.0991. The number of unbranched alkanes of at least 4 members (excludes halogenated alkanes) is 5. The highest BCUT2D eigenvalue weighted by Gasteiger charge is 2.16. The van der Waals surface area contributed by atoms with Gasteiger partial charge in [0.1, 0.15) is 17.2 Å². The van der Waals surface area contributed by atoms with Crippen LogP contribution in [0.25, 0.3) is 11.0 Å². The zero-order valence-electron chi connectivity index (χ0n) is 12.4. The Labute approximate surface area is 124 Å². The van der Waals surface area contributed by atoms with Crippen molar-refractivity contribution >= 4 is 16.9 Å². The molecule has 4 nitrogen and oxygen atoms in total. The fourth-order valence-electron chi connectivity index (χ4n) is 2.60. The molecular weight excluding hydrogens is 269 g/mol. The molecule has 2 aromatic rings. The topological polar surface area (TPSA) is 60.9 Å². The maximum absolute atomic E-state index is 13.8. The average Bonchev–Trinajstić information content (AvgIpc) is 2.83. The van der Waals surface area contributed by atoms with E-state index in [9.17, 15) is 9.18 Å². The quantitative estimate of drug-likeness (QED) is 0.755. The first kappa shape index (κ1) is 15.5. The molecule has 0 saturated heterocycles. The van der Waals surface area contributed by atoms with Gasteiger partial charge in [-0.3, -0.25) is 4.79 Å². The molecule has 2 rings (SSSR count). The fraction of sp³-hybridized carbons (Fsp3) is 0.500. The van der Waals surface area contributed by atoms with Crippen molar-refractivity contribution in [1.29, 1.82) is 0 Å². The lowest BCUT2D eigenvalue weighted by Gasteiger charge is -2.08. The molecule has 21 heavy (non-hydrogen) atoms. The molecule has 0 bridgehead atoms. The first-order chi connectivity index (χ1) is 10.1. The molecule has 0 atom stereocenters. The SMILES string of the molecule is CCCCCCCCn1c(C(N)=O)cc2c(F)ccnc21. The van der Waals surface area contributed by atoms with Crippen molar-refractivity contribution in [1.82, 2.24) is 9.55 Å². The number of nitrogens with zero attached hydrogens (tertiary/aromatic N) is 2. The Balaban J connectivity index is 2.12. The minimum atomic E-state index is -0.543. The van der Waals surface area contributed by atoms with E-state index in [1.807, 2.05) is 0 Å². The Bertz CT molecular complexity index is 621. The number of halogens is 1. The smallest absolute Gasteiger partial charge is 0.265 e. The van der Waals surface area contributed by atoms with Crippen LogP contribution in [0.15, 0.2) is 18.3 Å². The predicted octanol–water partition coefficient (Wildman–Crippen LogP) is 3.63. The molecule has 0 radical (unpaired) electrons. The second kappa shape index (κ2) is 7.20. The van der Waals surface area contributed by atoms with Gasteiger partial charge in [-0.1, -0.05) is 39.0 Å². The van der Waals surface area contributed by atoms with E-state index in [4.69, 9.17) is 5.73 Å². The number of nitrogens with two attached hydrogens (primary N) is 1. The first-order valence-electron chi connectivity index (χ1n) is 7.58. The van der Waals surface area contributed by atoms with Crippen LogP contribution in [0.3, 0.4) is 0 Å². The van der Waals surface area contributed by atoms with Gasteiger partial charge in [-0.25, -0.2) is 9.37 Å². The van der Waals surface area contributed by atoms with Gasteiger partial charge in [-0.15, -0.1) is 0 Å². The van der Waals surface area contributed by atoms with Gasteiger partial charge in [0.25, 0.3) is 5.91 Å². The number of aromatic nitrogens is 2. The van der Waals surface area contributed by atoms with Gasteiger partial charge in [0.05, 0.1) is 5.39 Å². The van der Waals surface area contributed by atoms with Gasteiger partial charge in [0.2, 0.25) is 0 Å². The van der Waals surface area contributed by atoms with Crippen molar-refractivity contribution in [2.24, 2.45) is 5.73 Å². The number of fused-ring (bicyclic) bond motifs is 1. The van der Waals surface area contributed by atoms with E-state index in [1.54, 1.807) is 4.57 Å².